The summed E-state index contributed by atoms with van der Waals surface area (Å²) in [5.74, 6) is 1.23. The highest BCUT2D eigenvalue weighted by atomic mass is 35.5. The van der Waals surface area contributed by atoms with Crippen molar-refractivity contribution >= 4 is 12.4 Å². The van der Waals surface area contributed by atoms with Crippen LogP contribution in [0.25, 0.3) is 0 Å². The van der Waals surface area contributed by atoms with Crippen LogP contribution in [0.2, 0.25) is 0 Å². The number of nitrogens with two attached hydrogens (primary N) is 1. The number of halogens is 1. The van der Waals surface area contributed by atoms with Crippen molar-refractivity contribution in [2.75, 3.05) is 7.11 Å². The van der Waals surface area contributed by atoms with Crippen LogP contribution >= 0.6 is 12.4 Å². The molecule has 1 aromatic carbocycles. The number of methoxy groups -OCH3 is 1. The number of aryl methyl sites for hydroxylation is 1. The quantitative estimate of drug-likeness (QED) is 0.894. The van der Waals surface area contributed by atoms with Gasteiger partial charge in [-0.25, -0.2) is 0 Å². The van der Waals surface area contributed by atoms with Gasteiger partial charge in [0.1, 0.15) is 5.75 Å². The van der Waals surface area contributed by atoms with E-state index >= 15 is 0 Å². The topological polar surface area (TPSA) is 55.5 Å². The van der Waals surface area contributed by atoms with Crippen molar-refractivity contribution in [1.29, 1.82) is 0 Å². The Labute approximate surface area is 121 Å². The summed E-state index contributed by atoms with van der Waals surface area (Å²) in [5.41, 5.74) is 8.24. The molecule has 3 N–H and O–H groups in total. The Balaban J connectivity index is 0.00000180. The first-order chi connectivity index (χ1) is 8.63. The molecule has 0 aromatic heterocycles. The summed E-state index contributed by atoms with van der Waals surface area (Å²) in [6.07, 6.45) is 4.21. The van der Waals surface area contributed by atoms with Gasteiger partial charge in [-0.2, -0.15) is 0 Å². The normalized spacial score (nSPS) is 18.7. The van der Waals surface area contributed by atoms with Crippen molar-refractivity contribution in [3.8, 4) is 5.75 Å². The highest BCUT2D eigenvalue weighted by Gasteiger charge is 2.28. The molecule has 0 spiro atoms. The predicted molar refractivity (Wildman–Crippen MR) is 79.9 cm³/mol. The summed E-state index contributed by atoms with van der Waals surface area (Å²) in [6.45, 7) is 2.00. The molecule has 0 radical (unpaired) electrons. The van der Waals surface area contributed by atoms with E-state index in [2.05, 4.69) is 0 Å². The van der Waals surface area contributed by atoms with Gasteiger partial charge in [0.25, 0.3) is 0 Å². The largest absolute Gasteiger partial charge is 0.496 e. The second-order valence-electron chi connectivity index (χ2n) is 5.29. The summed E-state index contributed by atoms with van der Waals surface area (Å²) >= 11 is 0. The summed E-state index contributed by atoms with van der Waals surface area (Å²) in [6, 6.07) is 5.60. The molecule has 0 bridgehead atoms. The van der Waals surface area contributed by atoms with Crippen molar-refractivity contribution in [3.63, 3.8) is 0 Å². The summed E-state index contributed by atoms with van der Waals surface area (Å²) < 4.78 is 5.24. The minimum Gasteiger partial charge on any atom is -0.496 e. The first-order valence-electron chi connectivity index (χ1n) is 6.71. The van der Waals surface area contributed by atoms with Crippen LogP contribution in [0.3, 0.4) is 0 Å². The van der Waals surface area contributed by atoms with Crippen LogP contribution in [0.5, 0.6) is 5.75 Å². The Bertz CT molecular complexity index is 405. The molecule has 0 heterocycles. The number of rotatable bonds is 4. The van der Waals surface area contributed by atoms with Crippen LogP contribution in [0.4, 0.5) is 0 Å². The van der Waals surface area contributed by atoms with Crippen molar-refractivity contribution < 1.29 is 9.84 Å². The van der Waals surface area contributed by atoms with E-state index in [1.165, 1.54) is 12.8 Å². The maximum atomic E-state index is 10.3. The van der Waals surface area contributed by atoms with Gasteiger partial charge in [-0.1, -0.05) is 25.0 Å². The second kappa shape index (κ2) is 7.13. The fourth-order valence-corrected chi connectivity index (χ4v) is 2.90. The molecular weight excluding hydrogens is 262 g/mol. The van der Waals surface area contributed by atoms with E-state index in [1.807, 2.05) is 25.1 Å². The molecule has 2 atom stereocenters. The van der Waals surface area contributed by atoms with Gasteiger partial charge in [-0.3, -0.25) is 0 Å². The molecular formula is C15H24ClNO2. The molecule has 1 saturated carbocycles. The Kier molecular flexibility index (Phi) is 6.11. The van der Waals surface area contributed by atoms with E-state index in [9.17, 15) is 5.11 Å². The summed E-state index contributed by atoms with van der Waals surface area (Å²) in [7, 11) is 1.66. The summed E-state index contributed by atoms with van der Waals surface area (Å²) in [4.78, 5) is 0. The monoisotopic (exact) mass is 285 g/mol. The first kappa shape index (κ1) is 16.3. The lowest BCUT2D eigenvalue weighted by atomic mass is 9.90. The molecule has 2 rings (SSSR count). The molecule has 1 aliphatic carbocycles. The average molecular weight is 286 g/mol. The van der Waals surface area contributed by atoms with E-state index in [1.54, 1.807) is 7.11 Å². The van der Waals surface area contributed by atoms with Gasteiger partial charge >= 0.3 is 0 Å². The molecule has 4 heteroatoms. The standard InChI is InChI=1S/C15H23NO2.ClH/c1-10-9-12(7-8-13(10)18-2)14(16)15(17)11-5-3-4-6-11;/h7-9,11,14-15,17H,3-6,16H2,1-2H3;1H/t14-,15+;/m0./s1. The lowest BCUT2D eigenvalue weighted by Gasteiger charge is -2.25. The number of hydrogen-bond donors (Lipinski definition) is 2. The minimum absolute atomic E-state index is 0. The lowest BCUT2D eigenvalue weighted by molar-refractivity contribution is 0.0844. The molecule has 0 saturated heterocycles. The molecule has 1 fully saturated rings. The fraction of sp³-hybridized carbons (Fsp3) is 0.600. The SMILES string of the molecule is COc1ccc([C@H](N)[C@H](O)C2CCCC2)cc1C.Cl. The maximum absolute atomic E-state index is 10.3. The van der Waals surface area contributed by atoms with Gasteiger partial charge in [0.2, 0.25) is 0 Å². The van der Waals surface area contributed by atoms with Gasteiger partial charge in [-0.15, -0.1) is 12.4 Å². The van der Waals surface area contributed by atoms with Crippen LogP contribution in [0.1, 0.15) is 42.9 Å². The van der Waals surface area contributed by atoms with Crippen molar-refractivity contribution in [2.24, 2.45) is 11.7 Å². The van der Waals surface area contributed by atoms with E-state index in [4.69, 9.17) is 10.5 Å². The molecule has 0 unspecified atom stereocenters. The average Bonchev–Trinajstić information content (AvgIpc) is 2.90. The van der Waals surface area contributed by atoms with Gasteiger partial charge in [-0.05, 0) is 42.9 Å². The zero-order chi connectivity index (χ0) is 13.1. The smallest absolute Gasteiger partial charge is 0.121 e. The second-order valence-corrected chi connectivity index (χ2v) is 5.29. The van der Waals surface area contributed by atoms with Gasteiger partial charge in [0.05, 0.1) is 19.3 Å². The highest BCUT2D eigenvalue weighted by Crippen LogP contribution is 2.33. The Morgan fingerprint density at radius 3 is 2.47 bits per heavy atom. The molecule has 3 nitrogen and oxygen atoms in total. The molecule has 19 heavy (non-hydrogen) atoms. The van der Waals surface area contributed by atoms with E-state index < -0.39 is 6.10 Å². The number of aliphatic hydroxyl groups is 1. The third kappa shape index (κ3) is 3.62. The third-order valence-electron chi connectivity index (χ3n) is 4.05. The Morgan fingerprint density at radius 1 is 1.32 bits per heavy atom. The zero-order valence-corrected chi connectivity index (χ0v) is 12.5. The van der Waals surface area contributed by atoms with E-state index in [-0.39, 0.29) is 18.4 Å². The highest BCUT2D eigenvalue weighted by molar-refractivity contribution is 5.85. The van der Waals surface area contributed by atoms with Crippen LogP contribution < -0.4 is 10.5 Å². The number of aliphatic hydroxyl groups excluding tert-OH is 1. The van der Waals surface area contributed by atoms with Crippen LogP contribution in [0.15, 0.2) is 18.2 Å². The van der Waals surface area contributed by atoms with Crippen molar-refractivity contribution in [1.82, 2.24) is 0 Å². The van der Waals surface area contributed by atoms with Crippen LogP contribution in [0, 0.1) is 12.8 Å². The van der Waals surface area contributed by atoms with Crippen LogP contribution in [-0.4, -0.2) is 18.3 Å². The number of ether oxygens (including phenoxy) is 1. The Hall–Kier alpha value is -0.770. The predicted octanol–water partition coefficient (Wildman–Crippen LogP) is 2.98. The summed E-state index contributed by atoms with van der Waals surface area (Å²) in [5, 5.41) is 10.3. The Morgan fingerprint density at radius 2 is 1.95 bits per heavy atom. The third-order valence-corrected chi connectivity index (χ3v) is 4.05. The molecule has 0 aliphatic heterocycles. The maximum Gasteiger partial charge on any atom is 0.121 e. The molecule has 0 amide bonds. The number of benzene rings is 1. The van der Waals surface area contributed by atoms with Gasteiger partial charge in [0, 0.05) is 0 Å². The van der Waals surface area contributed by atoms with Gasteiger partial charge < -0.3 is 15.6 Å². The van der Waals surface area contributed by atoms with Gasteiger partial charge in [0.15, 0.2) is 0 Å². The van der Waals surface area contributed by atoms with E-state index in [0.717, 1.165) is 29.7 Å². The van der Waals surface area contributed by atoms with Crippen molar-refractivity contribution in [2.45, 2.75) is 44.8 Å². The zero-order valence-electron chi connectivity index (χ0n) is 11.6. The minimum atomic E-state index is -0.430. The van der Waals surface area contributed by atoms with Crippen LogP contribution in [-0.2, 0) is 0 Å². The first-order valence-corrected chi connectivity index (χ1v) is 6.71. The lowest BCUT2D eigenvalue weighted by Crippen LogP contribution is -2.31. The molecule has 108 valence electrons. The molecule has 1 aliphatic rings. The fourth-order valence-electron chi connectivity index (χ4n) is 2.90. The van der Waals surface area contributed by atoms with E-state index in [0.29, 0.717) is 5.92 Å². The van der Waals surface area contributed by atoms with Crippen molar-refractivity contribution in [3.05, 3.63) is 29.3 Å². The molecule has 1 aromatic rings. The number of hydrogen-bond acceptors (Lipinski definition) is 3.